The molecule has 3 aliphatic heterocycles. The number of hydrogen-bond acceptors (Lipinski definition) is 4. The van der Waals surface area contributed by atoms with Crippen LogP contribution in [0.5, 0.6) is 5.75 Å². The summed E-state index contributed by atoms with van der Waals surface area (Å²) in [6.45, 7) is 1.54. The molecule has 0 aliphatic carbocycles. The van der Waals surface area contributed by atoms with E-state index >= 15 is 0 Å². The van der Waals surface area contributed by atoms with Crippen molar-refractivity contribution in [3.05, 3.63) is 29.8 Å². The molecule has 2 saturated heterocycles. The lowest BCUT2D eigenvalue weighted by molar-refractivity contribution is -0.139. The second-order valence-electron chi connectivity index (χ2n) is 6.41. The van der Waals surface area contributed by atoms with Gasteiger partial charge in [0, 0.05) is 25.1 Å². The van der Waals surface area contributed by atoms with E-state index < -0.39 is 11.6 Å². The molecule has 0 aromatic heterocycles. The maximum atomic E-state index is 13.0. The molecule has 7 heteroatoms. The number of rotatable bonds is 2. The van der Waals surface area contributed by atoms with Gasteiger partial charge < -0.3 is 15.0 Å². The van der Waals surface area contributed by atoms with Gasteiger partial charge in [-0.1, -0.05) is 18.2 Å². The first kappa shape index (κ1) is 15.0. The molecular weight excluding hydrogens is 310 g/mol. The van der Waals surface area contributed by atoms with Crippen LogP contribution < -0.4 is 10.1 Å². The summed E-state index contributed by atoms with van der Waals surface area (Å²) in [5, 5.41) is 2.81. The molecular formula is C17H19N3O4. The number of para-hydroxylation sites is 1. The minimum Gasteiger partial charge on any atom is -0.493 e. The average molecular weight is 329 g/mol. The molecule has 1 spiro atoms. The topological polar surface area (TPSA) is 79.0 Å². The average Bonchev–Trinajstić information content (AvgIpc) is 3.20. The summed E-state index contributed by atoms with van der Waals surface area (Å²) in [4.78, 5) is 40.5. The molecule has 1 aromatic carbocycles. The molecule has 7 nitrogen and oxygen atoms in total. The largest absolute Gasteiger partial charge is 0.493 e. The lowest BCUT2D eigenvalue weighted by atomic mass is 9.84. The van der Waals surface area contributed by atoms with E-state index in [4.69, 9.17) is 4.74 Å². The summed E-state index contributed by atoms with van der Waals surface area (Å²) in [5.74, 6) is 0.0642. The number of nitrogens with one attached hydrogen (secondary N) is 1. The second kappa shape index (κ2) is 5.51. The van der Waals surface area contributed by atoms with Crippen molar-refractivity contribution >= 4 is 17.8 Å². The fraction of sp³-hybridized carbons (Fsp3) is 0.471. The maximum Gasteiger partial charge on any atom is 0.325 e. The maximum absolute atomic E-state index is 13.0. The molecule has 0 saturated carbocycles. The van der Waals surface area contributed by atoms with Crippen molar-refractivity contribution < 1.29 is 19.1 Å². The normalized spacial score (nSPS) is 25.7. The quantitative estimate of drug-likeness (QED) is 0.816. The minimum atomic E-state index is -1.11. The van der Waals surface area contributed by atoms with Crippen LogP contribution in [0.15, 0.2) is 24.3 Å². The van der Waals surface area contributed by atoms with Crippen LogP contribution in [0, 0.1) is 0 Å². The Balaban J connectivity index is 1.61. The Kier molecular flexibility index (Phi) is 3.44. The monoisotopic (exact) mass is 329 g/mol. The Hall–Kier alpha value is -2.57. The van der Waals surface area contributed by atoms with Crippen LogP contribution in [0.25, 0.3) is 0 Å². The van der Waals surface area contributed by atoms with Crippen LogP contribution in [0.1, 0.15) is 24.8 Å². The predicted octanol–water partition coefficient (Wildman–Crippen LogP) is 0.839. The number of nitrogens with zero attached hydrogens (tertiary/aromatic N) is 2. The molecule has 0 radical (unpaired) electrons. The van der Waals surface area contributed by atoms with Crippen LogP contribution in [-0.2, 0) is 15.1 Å². The molecule has 0 bridgehead atoms. The van der Waals surface area contributed by atoms with Gasteiger partial charge in [-0.2, -0.15) is 0 Å². The van der Waals surface area contributed by atoms with Crippen LogP contribution >= 0.6 is 0 Å². The Morgan fingerprint density at radius 1 is 1.21 bits per heavy atom. The van der Waals surface area contributed by atoms with Crippen molar-refractivity contribution in [2.75, 3.05) is 26.2 Å². The number of urea groups is 1. The Labute approximate surface area is 139 Å². The number of ether oxygens (including phenoxy) is 1. The summed E-state index contributed by atoms with van der Waals surface area (Å²) >= 11 is 0. The highest BCUT2D eigenvalue weighted by molar-refractivity contribution is 6.09. The number of imide groups is 1. The number of carbonyl (C=O) groups is 3. The van der Waals surface area contributed by atoms with E-state index in [1.807, 2.05) is 12.1 Å². The van der Waals surface area contributed by atoms with Crippen LogP contribution in [0.2, 0.25) is 0 Å². The summed E-state index contributed by atoms with van der Waals surface area (Å²) in [5.41, 5.74) is -0.456. The molecule has 24 heavy (non-hydrogen) atoms. The van der Waals surface area contributed by atoms with Crippen molar-refractivity contribution in [1.82, 2.24) is 15.1 Å². The van der Waals surface area contributed by atoms with Crippen molar-refractivity contribution in [2.45, 2.75) is 24.8 Å². The van der Waals surface area contributed by atoms with E-state index in [0.29, 0.717) is 37.4 Å². The first-order valence-corrected chi connectivity index (χ1v) is 8.26. The third-order valence-corrected chi connectivity index (χ3v) is 5.01. The van der Waals surface area contributed by atoms with Gasteiger partial charge in [0.25, 0.3) is 5.91 Å². The van der Waals surface area contributed by atoms with Gasteiger partial charge in [-0.15, -0.1) is 0 Å². The fourth-order valence-corrected chi connectivity index (χ4v) is 3.72. The number of benzene rings is 1. The Bertz CT molecular complexity index is 714. The highest BCUT2D eigenvalue weighted by Crippen LogP contribution is 2.40. The molecule has 4 amide bonds. The molecule has 1 aromatic rings. The van der Waals surface area contributed by atoms with Crippen molar-refractivity contribution in [1.29, 1.82) is 0 Å². The van der Waals surface area contributed by atoms with Gasteiger partial charge in [-0.25, -0.2) is 4.79 Å². The SMILES string of the molecule is O=C(CN1C(=O)NC2(CCOc3ccccc32)C1=O)N1CCCC1. The van der Waals surface area contributed by atoms with E-state index in [-0.39, 0.29) is 18.4 Å². The minimum absolute atomic E-state index is 0.173. The first-order chi connectivity index (χ1) is 11.6. The van der Waals surface area contributed by atoms with Gasteiger partial charge in [-0.05, 0) is 18.9 Å². The molecule has 1 unspecified atom stereocenters. The lowest BCUT2D eigenvalue weighted by Crippen LogP contribution is -2.48. The smallest absolute Gasteiger partial charge is 0.325 e. The van der Waals surface area contributed by atoms with Gasteiger partial charge in [0.1, 0.15) is 12.3 Å². The zero-order chi connectivity index (χ0) is 16.7. The van der Waals surface area contributed by atoms with E-state index in [2.05, 4.69) is 5.32 Å². The number of carbonyl (C=O) groups excluding carboxylic acids is 3. The summed E-state index contributed by atoms with van der Waals surface area (Å²) in [7, 11) is 0. The number of fused-ring (bicyclic) bond motifs is 2. The van der Waals surface area contributed by atoms with Crippen molar-refractivity contribution in [2.24, 2.45) is 0 Å². The summed E-state index contributed by atoms with van der Waals surface area (Å²) in [6.07, 6.45) is 2.31. The molecule has 3 aliphatic rings. The van der Waals surface area contributed by atoms with E-state index in [1.165, 1.54) is 0 Å². The van der Waals surface area contributed by atoms with Gasteiger partial charge in [-0.3, -0.25) is 14.5 Å². The zero-order valence-electron chi connectivity index (χ0n) is 13.3. The summed E-state index contributed by atoms with van der Waals surface area (Å²) in [6, 6.07) is 6.71. The van der Waals surface area contributed by atoms with Gasteiger partial charge in [0.2, 0.25) is 5.91 Å². The fourth-order valence-electron chi connectivity index (χ4n) is 3.72. The highest BCUT2D eigenvalue weighted by Gasteiger charge is 2.55. The first-order valence-electron chi connectivity index (χ1n) is 8.26. The molecule has 4 rings (SSSR count). The number of amides is 4. The van der Waals surface area contributed by atoms with Crippen LogP contribution in [-0.4, -0.2) is 53.9 Å². The lowest BCUT2D eigenvalue weighted by Gasteiger charge is -2.33. The number of likely N-dealkylation sites (tertiary alicyclic amines) is 1. The molecule has 3 heterocycles. The predicted molar refractivity (Wildman–Crippen MR) is 84.3 cm³/mol. The van der Waals surface area contributed by atoms with E-state index in [0.717, 1.165) is 17.7 Å². The van der Waals surface area contributed by atoms with Gasteiger partial charge in [0.05, 0.1) is 6.61 Å². The van der Waals surface area contributed by atoms with Crippen molar-refractivity contribution in [3.63, 3.8) is 0 Å². The van der Waals surface area contributed by atoms with Crippen LogP contribution in [0.4, 0.5) is 4.79 Å². The van der Waals surface area contributed by atoms with E-state index in [1.54, 1.807) is 17.0 Å². The van der Waals surface area contributed by atoms with E-state index in [9.17, 15) is 14.4 Å². The van der Waals surface area contributed by atoms with Crippen molar-refractivity contribution in [3.8, 4) is 5.75 Å². The number of hydrogen-bond donors (Lipinski definition) is 1. The van der Waals surface area contributed by atoms with Crippen LogP contribution in [0.3, 0.4) is 0 Å². The standard InChI is InChI=1S/C17H19N3O4/c21-14(19-8-3-4-9-19)11-20-15(22)17(18-16(20)23)7-10-24-13-6-2-1-5-12(13)17/h1-2,5-6H,3-4,7-11H2,(H,18,23). The molecule has 1 atom stereocenters. The molecule has 1 N–H and O–H groups in total. The molecule has 2 fully saturated rings. The Morgan fingerprint density at radius 2 is 1.96 bits per heavy atom. The van der Waals surface area contributed by atoms with Gasteiger partial charge >= 0.3 is 6.03 Å². The third-order valence-electron chi connectivity index (χ3n) is 5.01. The highest BCUT2D eigenvalue weighted by atomic mass is 16.5. The third kappa shape index (κ3) is 2.15. The molecule has 126 valence electrons. The second-order valence-corrected chi connectivity index (χ2v) is 6.41. The van der Waals surface area contributed by atoms with Gasteiger partial charge in [0.15, 0.2) is 5.54 Å². The Morgan fingerprint density at radius 3 is 2.75 bits per heavy atom. The summed E-state index contributed by atoms with van der Waals surface area (Å²) < 4.78 is 5.59. The zero-order valence-corrected chi connectivity index (χ0v) is 13.3.